The zero-order valence-corrected chi connectivity index (χ0v) is 19.9. The zero-order valence-electron chi connectivity index (χ0n) is 17.4. The van der Waals surface area contributed by atoms with Crippen molar-refractivity contribution < 1.29 is 13.7 Å². The van der Waals surface area contributed by atoms with Gasteiger partial charge < -0.3 is 14.3 Å². The van der Waals surface area contributed by atoms with Crippen LogP contribution >= 0.6 is 34.9 Å². The maximum Gasteiger partial charge on any atom is 0.253 e. The van der Waals surface area contributed by atoms with Crippen LogP contribution in [-0.2, 0) is 10.5 Å². The topological polar surface area (TPSA) is 120 Å². The van der Waals surface area contributed by atoms with E-state index in [2.05, 4.69) is 30.9 Å². The third-order valence-electron chi connectivity index (χ3n) is 4.20. The molecule has 3 heterocycles. The summed E-state index contributed by atoms with van der Waals surface area (Å²) in [6.45, 7) is 4.52. The minimum absolute atomic E-state index is 0.00135. The highest BCUT2D eigenvalue weighted by Crippen LogP contribution is 2.35. The molecule has 0 aliphatic heterocycles. The third kappa shape index (κ3) is 5.56. The summed E-state index contributed by atoms with van der Waals surface area (Å²) in [4.78, 5) is 11.7. The highest BCUT2D eigenvalue weighted by atomic mass is 32.2. The molecule has 0 unspecified atom stereocenters. The van der Waals surface area contributed by atoms with Gasteiger partial charge in [0.15, 0.2) is 8.68 Å². The molecule has 0 fully saturated rings. The van der Waals surface area contributed by atoms with E-state index in [-0.39, 0.29) is 5.91 Å². The van der Waals surface area contributed by atoms with Crippen LogP contribution in [0.25, 0.3) is 22.7 Å². The number of rotatable bonds is 10. The van der Waals surface area contributed by atoms with Gasteiger partial charge in [-0.15, -0.1) is 20.4 Å². The van der Waals surface area contributed by atoms with Gasteiger partial charge in [0.2, 0.25) is 11.8 Å². The van der Waals surface area contributed by atoms with Crippen LogP contribution in [0.4, 0.5) is 0 Å². The second-order valence-corrected chi connectivity index (χ2v) is 10.0. The number of nitrogens with one attached hydrogen (secondary N) is 1. The number of carbonyl (C=O) groups excluding carboxylic acids is 1. The average Bonchev–Trinajstić information content (AvgIpc) is 3.55. The number of aromatic nitrogens is 5. The van der Waals surface area contributed by atoms with Crippen LogP contribution in [0, 0.1) is 6.92 Å². The summed E-state index contributed by atoms with van der Waals surface area (Å²) in [7, 11) is 0. The number of amides is 1. The van der Waals surface area contributed by atoms with Gasteiger partial charge in [-0.3, -0.25) is 4.79 Å². The van der Waals surface area contributed by atoms with Crippen molar-refractivity contribution in [3.05, 3.63) is 42.0 Å². The molecule has 0 radical (unpaired) electrons. The SMILES string of the molecule is CCCNC(=O)CSc1nnc(SCc2nnc(-c3c(-c4ccccc4)noc3C)o2)s1. The summed E-state index contributed by atoms with van der Waals surface area (Å²) >= 11 is 4.26. The molecule has 0 saturated heterocycles. The van der Waals surface area contributed by atoms with E-state index < -0.39 is 0 Å². The summed E-state index contributed by atoms with van der Waals surface area (Å²) < 4.78 is 12.8. The molecular weight excluding hydrogens is 468 g/mol. The first kappa shape index (κ1) is 22.5. The van der Waals surface area contributed by atoms with Gasteiger partial charge in [0.1, 0.15) is 17.0 Å². The average molecular weight is 489 g/mol. The number of hydrogen-bond acceptors (Lipinski definition) is 11. The Bertz CT molecular complexity index is 1170. The van der Waals surface area contributed by atoms with Crippen molar-refractivity contribution in [1.82, 2.24) is 30.9 Å². The Morgan fingerprint density at radius 3 is 2.66 bits per heavy atom. The molecule has 1 amide bonds. The quantitative estimate of drug-likeness (QED) is 0.320. The van der Waals surface area contributed by atoms with E-state index in [1.165, 1.54) is 34.9 Å². The smallest absolute Gasteiger partial charge is 0.253 e. The van der Waals surface area contributed by atoms with Crippen LogP contribution in [0.1, 0.15) is 25.0 Å². The monoisotopic (exact) mass is 488 g/mol. The lowest BCUT2D eigenvalue weighted by atomic mass is 10.1. The van der Waals surface area contributed by atoms with E-state index >= 15 is 0 Å². The molecule has 12 heteroatoms. The van der Waals surface area contributed by atoms with Crippen molar-refractivity contribution in [3.8, 4) is 22.7 Å². The lowest BCUT2D eigenvalue weighted by Gasteiger charge is -2.00. The van der Waals surface area contributed by atoms with Gasteiger partial charge in [0.25, 0.3) is 5.89 Å². The van der Waals surface area contributed by atoms with Gasteiger partial charge in [0.05, 0.1) is 11.5 Å². The number of hydrogen-bond donors (Lipinski definition) is 1. The van der Waals surface area contributed by atoms with E-state index in [0.29, 0.717) is 46.8 Å². The molecule has 0 atom stereocenters. The molecule has 32 heavy (non-hydrogen) atoms. The van der Waals surface area contributed by atoms with Crippen molar-refractivity contribution in [3.63, 3.8) is 0 Å². The van der Waals surface area contributed by atoms with Gasteiger partial charge >= 0.3 is 0 Å². The molecule has 0 aliphatic carbocycles. The third-order valence-corrected chi connectivity index (χ3v) is 7.37. The molecule has 9 nitrogen and oxygen atoms in total. The molecule has 0 spiro atoms. The molecule has 0 saturated carbocycles. The second-order valence-electron chi connectivity index (χ2n) is 6.59. The standard InChI is InChI=1S/C20H20N6O3S3/c1-3-9-21-14(27)10-30-19-24-25-20(32-19)31-11-15-22-23-18(28-15)16-12(2)29-26-17(16)13-7-5-4-6-8-13/h4-8H,3,9-11H2,1-2H3,(H,21,27). The predicted molar refractivity (Wildman–Crippen MR) is 123 cm³/mol. The van der Waals surface area contributed by atoms with Gasteiger partial charge in [-0.25, -0.2) is 0 Å². The number of thioether (sulfide) groups is 2. The van der Waals surface area contributed by atoms with Gasteiger partial charge in [-0.05, 0) is 13.3 Å². The van der Waals surface area contributed by atoms with Crippen LogP contribution in [-0.4, -0.2) is 43.8 Å². The molecular formula is C20H20N6O3S3. The first-order chi connectivity index (χ1) is 15.6. The van der Waals surface area contributed by atoms with Crippen molar-refractivity contribution in [2.45, 2.75) is 34.7 Å². The van der Waals surface area contributed by atoms with Gasteiger partial charge in [-0.2, -0.15) is 0 Å². The summed E-state index contributed by atoms with van der Waals surface area (Å²) in [6.07, 6.45) is 0.914. The predicted octanol–water partition coefficient (Wildman–Crippen LogP) is 4.46. The van der Waals surface area contributed by atoms with Crippen LogP contribution in [0.5, 0.6) is 0 Å². The maximum absolute atomic E-state index is 11.7. The molecule has 0 aliphatic rings. The first-order valence-corrected chi connectivity index (χ1v) is 12.6. The largest absolute Gasteiger partial charge is 0.420 e. The summed E-state index contributed by atoms with van der Waals surface area (Å²) in [5, 5.41) is 23.6. The maximum atomic E-state index is 11.7. The Hall–Kier alpha value is -2.70. The molecule has 166 valence electrons. The minimum atomic E-state index is -0.00135. The van der Waals surface area contributed by atoms with Crippen molar-refractivity contribution in [2.75, 3.05) is 12.3 Å². The molecule has 4 aromatic rings. The van der Waals surface area contributed by atoms with E-state index in [4.69, 9.17) is 8.94 Å². The Kier molecular flexibility index (Phi) is 7.55. The highest BCUT2D eigenvalue weighted by Gasteiger charge is 2.22. The highest BCUT2D eigenvalue weighted by molar-refractivity contribution is 8.03. The van der Waals surface area contributed by atoms with E-state index in [0.717, 1.165) is 20.7 Å². The molecule has 3 aromatic heterocycles. The molecule has 1 aromatic carbocycles. The number of nitrogens with zero attached hydrogens (tertiary/aromatic N) is 5. The zero-order chi connectivity index (χ0) is 22.3. The van der Waals surface area contributed by atoms with Crippen LogP contribution in [0.15, 0.2) is 48.0 Å². The second kappa shape index (κ2) is 10.7. The Labute approximate surface area is 196 Å². The Morgan fingerprint density at radius 2 is 1.88 bits per heavy atom. The van der Waals surface area contributed by atoms with Crippen molar-refractivity contribution in [1.29, 1.82) is 0 Å². The fourth-order valence-electron chi connectivity index (χ4n) is 2.71. The number of carbonyl (C=O) groups is 1. The van der Waals surface area contributed by atoms with Crippen molar-refractivity contribution >= 4 is 40.8 Å². The normalized spacial score (nSPS) is 11.1. The van der Waals surface area contributed by atoms with E-state index in [1.54, 1.807) is 0 Å². The molecule has 4 rings (SSSR count). The lowest BCUT2D eigenvalue weighted by Crippen LogP contribution is -2.25. The molecule has 0 bridgehead atoms. The summed E-state index contributed by atoms with van der Waals surface area (Å²) in [5.74, 6) is 2.22. The van der Waals surface area contributed by atoms with Crippen molar-refractivity contribution in [2.24, 2.45) is 0 Å². The van der Waals surface area contributed by atoms with Crippen LogP contribution < -0.4 is 5.32 Å². The summed E-state index contributed by atoms with van der Waals surface area (Å²) in [5.41, 5.74) is 2.27. The summed E-state index contributed by atoms with van der Waals surface area (Å²) in [6, 6.07) is 9.71. The first-order valence-electron chi connectivity index (χ1n) is 9.84. The number of aryl methyl sites for hydroxylation is 1. The van der Waals surface area contributed by atoms with E-state index in [1.807, 2.05) is 44.2 Å². The van der Waals surface area contributed by atoms with Gasteiger partial charge in [-0.1, -0.05) is 77.3 Å². The van der Waals surface area contributed by atoms with Crippen LogP contribution in [0.2, 0.25) is 0 Å². The van der Waals surface area contributed by atoms with Gasteiger partial charge in [0, 0.05) is 12.1 Å². The van der Waals surface area contributed by atoms with E-state index in [9.17, 15) is 4.79 Å². The fraction of sp³-hybridized carbons (Fsp3) is 0.300. The Balaban J connectivity index is 1.37. The molecule has 1 N–H and O–H groups in total. The minimum Gasteiger partial charge on any atom is -0.420 e. The lowest BCUT2D eigenvalue weighted by molar-refractivity contribution is -0.118. The Morgan fingerprint density at radius 1 is 1.09 bits per heavy atom. The van der Waals surface area contributed by atoms with Crippen LogP contribution in [0.3, 0.4) is 0 Å². The fourth-order valence-corrected chi connectivity index (χ4v) is 5.40. The number of benzene rings is 1.